The summed E-state index contributed by atoms with van der Waals surface area (Å²) in [6.45, 7) is 18.9. The number of benzene rings is 3. The van der Waals surface area contributed by atoms with Gasteiger partial charge in [0, 0.05) is 37.1 Å². The molecule has 5 fully saturated rings. The van der Waals surface area contributed by atoms with Crippen molar-refractivity contribution in [2.75, 3.05) is 27.3 Å². The van der Waals surface area contributed by atoms with Crippen molar-refractivity contribution in [2.24, 2.45) is 39.9 Å². The monoisotopic (exact) mass is 1340 g/mol. The Kier molecular flexibility index (Phi) is 25.1. The second kappa shape index (κ2) is 29.9. The highest BCUT2D eigenvalue weighted by Crippen LogP contribution is 2.56. The molecular formula is C64H89F6NO16S3. The largest absolute Gasteiger partial charge is 0.743 e. The zero-order valence-electron chi connectivity index (χ0n) is 53.6. The highest BCUT2D eigenvalue weighted by molar-refractivity contribution is 7.97. The number of methoxy groups -OCH3 is 2. The molecule has 17 nitrogen and oxygen atoms in total. The Labute approximate surface area is 529 Å². The van der Waals surface area contributed by atoms with Gasteiger partial charge >= 0.3 is 40.3 Å². The van der Waals surface area contributed by atoms with Crippen LogP contribution in [0.2, 0.25) is 0 Å². The van der Waals surface area contributed by atoms with Crippen LogP contribution in [0, 0.1) is 39.9 Å². The van der Waals surface area contributed by atoms with Crippen LogP contribution in [0.1, 0.15) is 159 Å². The van der Waals surface area contributed by atoms with Gasteiger partial charge in [0.1, 0.15) is 35.4 Å². The van der Waals surface area contributed by atoms with Crippen molar-refractivity contribution in [3.05, 3.63) is 78.4 Å². The minimum Gasteiger partial charge on any atom is -0.743 e. The van der Waals surface area contributed by atoms with Gasteiger partial charge in [-0.1, -0.05) is 64.3 Å². The van der Waals surface area contributed by atoms with E-state index in [1.54, 1.807) is 35.0 Å². The predicted molar refractivity (Wildman–Crippen MR) is 323 cm³/mol. The lowest BCUT2D eigenvalue weighted by molar-refractivity contribution is -0.247. The fourth-order valence-corrected chi connectivity index (χ4v) is 15.0. The zero-order chi connectivity index (χ0) is 67.8. The highest BCUT2D eigenvalue weighted by atomic mass is 32.2. The van der Waals surface area contributed by atoms with Crippen LogP contribution in [-0.2, 0) is 75.8 Å². The molecule has 8 rings (SSSR count). The molecule has 2 aliphatic heterocycles. The third-order valence-corrected chi connectivity index (χ3v) is 23.2. The van der Waals surface area contributed by atoms with Crippen molar-refractivity contribution in [1.29, 1.82) is 0 Å². The Morgan fingerprint density at radius 3 is 1.59 bits per heavy atom. The number of carbonyl (C=O) groups excluding carboxylic acids is 4. The average molecular weight is 1340 g/mol. The fourth-order valence-electron chi connectivity index (χ4n) is 10.8. The van der Waals surface area contributed by atoms with Crippen molar-refractivity contribution in [3.8, 4) is 11.5 Å². The van der Waals surface area contributed by atoms with Gasteiger partial charge in [0.15, 0.2) is 24.8 Å². The minimum absolute atomic E-state index is 0.0290. The summed E-state index contributed by atoms with van der Waals surface area (Å²) in [5, 5.41) is -4.00. The number of alkyl halides is 6. The Morgan fingerprint density at radius 2 is 1.12 bits per heavy atom. The smallest absolute Gasteiger partial charge is 0.428 e. The SMILES string of the molecule is CCC(C)(C)C(=O)OC(C)(C)C1CCCCC1.CCC(C)(C)C(=O)OC1C2CC3C(=O)OC1C3C2.CCC(C)(C)C(=O)OC1CCN(S(=O)(=O)C(F)(F)C(F)(F)C(F)(F)S(=O)(=O)[O-])CC1.COc1cccc([S+](c2cccc(CO)c2)c2cccc(OC)c2)c1. The van der Waals surface area contributed by atoms with Crippen LogP contribution in [0.4, 0.5) is 26.3 Å². The summed E-state index contributed by atoms with van der Waals surface area (Å²) in [5.41, 5.74) is -1.10. The summed E-state index contributed by atoms with van der Waals surface area (Å²) in [5.74, 6) is -5.11. The Hall–Kier alpha value is -5.15. The van der Waals surface area contributed by atoms with Crippen molar-refractivity contribution < 1.29 is 100 Å². The first-order valence-corrected chi connectivity index (χ1v) is 34.4. The lowest BCUT2D eigenvalue weighted by Gasteiger charge is -2.38. The number of fused-ring (bicyclic) bond motifs is 1. The first-order valence-electron chi connectivity index (χ1n) is 30.3. The molecule has 506 valence electrons. The van der Waals surface area contributed by atoms with E-state index in [1.165, 1.54) is 32.1 Å². The van der Waals surface area contributed by atoms with E-state index in [4.69, 9.17) is 28.4 Å². The number of carbonyl (C=O) groups is 4. The summed E-state index contributed by atoms with van der Waals surface area (Å²) in [6.07, 6.45) is 7.97. The summed E-state index contributed by atoms with van der Waals surface area (Å²) >= 11 is 0. The lowest BCUT2D eigenvalue weighted by Crippen LogP contribution is -2.63. The van der Waals surface area contributed by atoms with Crippen molar-refractivity contribution in [3.63, 3.8) is 0 Å². The van der Waals surface area contributed by atoms with Gasteiger partial charge in [-0.05, 0) is 161 Å². The van der Waals surface area contributed by atoms with E-state index < -0.39 is 85.4 Å². The number of nitrogens with zero attached hydrogens (tertiary/aromatic N) is 1. The molecule has 0 radical (unpaired) electrons. The van der Waals surface area contributed by atoms with Gasteiger partial charge < -0.3 is 38.1 Å². The maximum atomic E-state index is 14.0. The summed E-state index contributed by atoms with van der Waals surface area (Å²) < 4.78 is 169. The zero-order valence-corrected chi connectivity index (χ0v) is 56.0. The summed E-state index contributed by atoms with van der Waals surface area (Å²) in [4.78, 5) is 51.3. The Bertz CT molecular complexity index is 3070. The molecule has 3 aliphatic carbocycles. The number of hydrogen-bond acceptors (Lipinski definition) is 16. The molecule has 2 heterocycles. The first kappa shape index (κ1) is 75.6. The van der Waals surface area contributed by atoms with E-state index in [-0.39, 0.29) is 68.9 Å². The molecule has 5 atom stereocenters. The maximum Gasteiger partial charge on any atom is 0.428 e. The number of sulfonamides is 1. The van der Waals surface area contributed by atoms with Gasteiger partial charge in [-0.3, -0.25) is 19.2 Å². The van der Waals surface area contributed by atoms with Gasteiger partial charge in [-0.15, -0.1) is 0 Å². The Balaban J connectivity index is 0.000000223. The van der Waals surface area contributed by atoms with Gasteiger partial charge in [-0.25, -0.2) is 16.8 Å². The molecule has 1 N–H and O–H groups in total. The van der Waals surface area contributed by atoms with E-state index in [9.17, 15) is 72.0 Å². The molecular weight excluding hydrogens is 1250 g/mol. The van der Waals surface area contributed by atoms with Crippen molar-refractivity contribution in [2.45, 2.75) is 215 Å². The fraction of sp³-hybridized carbons (Fsp3) is 0.656. The molecule has 26 heteroatoms. The standard InChI is InChI=1S/C21H21O3S.C15H28O2.C14H21F6NO7S2.C14H20O4/c1-23-17-7-4-10-20(13-17)25(19-9-3-6-16(12-19)15-22)21-11-5-8-18(14-21)24-2;1-6-14(2,3)13(16)17-15(4,5)12-10-8-7-9-11-12;1-4-11(2,3)10(22)28-9-5-7-21(8-6-9)29(23,24)13(17,18)12(15,16)14(19,20)30(25,26)27;1-4-14(2,3)13(16)18-10-7-5-8-9(6-7)12(15)17-11(8)10/h3-14,22H,15H2,1-2H3;12H,6-11H2,1-5H3;9H,4-8H2,1-3H3,(H,25,26,27);7-11H,4-6H2,1-3H3/q+1;;;/p-1. The molecule has 0 spiro atoms. The van der Waals surface area contributed by atoms with Crippen molar-refractivity contribution >= 4 is 54.9 Å². The second-order valence-corrected chi connectivity index (χ2v) is 31.3. The minimum atomic E-state index is -7.33. The molecule has 2 bridgehead atoms. The summed E-state index contributed by atoms with van der Waals surface area (Å²) in [6, 6.07) is 24.3. The van der Waals surface area contributed by atoms with E-state index in [0.717, 1.165) is 57.4 Å². The molecule has 0 amide bonds. The van der Waals surface area contributed by atoms with Gasteiger partial charge in [0.2, 0.25) is 0 Å². The lowest BCUT2D eigenvalue weighted by atomic mass is 9.78. The van der Waals surface area contributed by atoms with Crippen LogP contribution in [0.25, 0.3) is 0 Å². The topological polar surface area (TPSA) is 238 Å². The molecule has 3 aromatic rings. The Morgan fingerprint density at radius 1 is 0.656 bits per heavy atom. The number of aliphatic hydroxyl groups is 1. The van der Waals surface area contributed by atoms with Crippen LogP contribution in [0.3, 0.4) is 0 Å². The second-order valence-electron chi connectivity index (χ2n) is 25.9. The number of aliphatic hydroxyl groups excluding tert-OH is 1. The number of hydrogen-bond donors (Lipinski definition) is 1. The predicted octanol–water partition coefficient (Wildman–Crippen LogP) is 12.7. The molecule has 0 aromatic heterocycles. The molecule has 90 heavy (non-hydrogen) atoms. The van der Waals surface area contributed by atoms with Crippen LogP contribution in [0.5, 0.6) is 11.5 Å². The maximum absolute atomic E-state index is 14.0. The van der Waals surface area contributed by atoms with Crippen molar-refractivity contribution in [1.82, 2.24) is 4.31 Å². The number of rotatable bonds is 21. The van der Waals surface area contributed by atoms with Gasteiger partial charge in [0.05, 0.1) is 53.9 Å². The van der Waals surface area contributed by atoms with Crippen LogP contribution < -0.4 is 9.47 Å². The molecule has 3 aromatic carbocycles. The van der Waals surface area contributed by atoms with E-state index in [1.807, 2.05) is 77.9 Å². The van der Waals surface area contributed by atoms with Crippen LogP contribution >= 0.6 is 0 Å². The summed E-state index contributed by atoms with van der Waals surface area (Å²) in [7, 11) is -10.8. The molecule has 5 aliphatic rings. The number of halogens is 6. The van der Waals surface area contributed by atoms with Crippen LogP contribution in [-0.4, -0.2) is 122 Å². The highest BCUT2D eigenvalue weighted by Gasteiger charge is 2.81. The average Bonchev–Trinajstić information content (AvgIpc) is 0.764. The van der Waals surface area contributed by atoms with E-state index in [2.05, 4.69) is 50.2 Å². The van der Waals surface area contributed by atoms with E-state index >= 15 is 0 Å². The molecule has 3 saturated carbocycles. The third-order valence-electron chi connectivity index (χ3n) is 18.2. The number of piperidine rings is 1. The number of esters is 4. The quantitative estimate of drug-likeness (QED) is 0.0343. The molecule has 5 unspecified atom stereocenters. The van der Waals surface area contributed by atoms with E-state index in [0.29, 0.717) is 24.2 Å². The van der Waals surface area contributed by atoms with Crippen LogP contribution in [0.15, 0.2) is 87.5 Å². The molecule has 2 saturated heterocycles. The first-order chi connectivity index (χ1) is 41.6. The van der Waals surface area contributed by atoms with Gasteiger partial charge in [-0.2, -0.15) is 30.6 Å². The normalized spacial score (nSPS) is 21.1. The number of ether oxygens (including phenoxy) is 6. The van der Waals surface area contributed by atoms with Gasteiger partial charge in [0.25, 0.3) is 10.0 Å². The third kappa shape index (κ3) is 17.0.